The van der Waals surface area contributed by atoms with Crippen molar-refractivity contribution in [1.29, 1.82) is 0 Å². The third-order valence-electron chi connectivity index (χ3n) is 3.57. The van der Waals surface area contributed by atoms with Crippen molar-refractivity contribution in [3.8, 4) is 0 Å². The maximum atomic E-state index is 12.8. The van der Waals surface area contributed by atoms with Crippen molar-refractivity contribution in [3.63, 3.8) is 0 Å². The molecule has 5 N–H and O–H groups in total. The average Bonchev–Trinajstić information content (AvgIpc) is 2.46. The molecule has 0 aliphatic carbocycles. The highest BCUT2D eigenvalue weighted by Gasteiger charge is 2.36. The van der Waals surface area contributed by atoms with Crippen molar-refractivity contribution in [3.05, 3.63) is 29.6 Å². The third-order valence-corrected chi connectivity index (χ3v) is 3.57. The van der Waals surface area contributed by atoms with E-state index in [1.807, 2.05) is 13.8 Å². The molecule has 0 saturated heterocycles. The van der Waals surface area contributed by atoms with Crippen LogP contribution in [0.4, 0.5) is 13.2 Å². The lowest BCUT2D eigenvalue weighted by Crippen LogP contribution is -2.53. The molecule has 2 rings (SSSR count). The van der Waals surface area contributed by atoms with Gasteiger partial charge in [-0.05, 0) is 18.6 Å². The number of pyridine rings is 1. The van der Waals surface area contributed by atoms with Crippen LogP contribution in [0.25, 0.3) is 0 Å². The smallest absolute Gasteiger partial charge is 0.370 e. The van der Waals surface area contributed by atoms with E-state index in [1.54, 1.807) is 0 Å². The summed E-state index contributed by atoms with van der Waals surface area (Å²) >= 11 is 0. The molecule has 9 heteroatoms. The predicted octanol–water partition coefficient (Wildman–Crippen LogP) is 1.81. The van der Waals surface area contributed by atoms with Gasteiger partial charge in [0.2, 0.25) is 5.79 Å². The first-order valence-corrected chi connectivity index (χ1v) is 7.21. The van der Waals surface area contributed by atoms with Crippen LogP contribution >= 0.6 is 0 Å². The third kappa shape index (κ3) is 3.79. The minimum atomic E-state index is -4.54. The molecule has 0 aromatic carbocycles. The summed E-state index contributed by atoms with van der Waals surface area (Å²) in [5, 5.41) is 2.63. The molecular weight excluding hydrogens is 309 g/mol. The Kier molecular flexibility index (Phi) is 4.60. The SMILES string of the molecule is CCCC(C)C1(N)N=C(N)NC(c2cccc(C(F)(F)F)n2)=N1. The van der Waals surface area contributed by atoms with E-state index >= 15 is 0 Å². The molecule has 6 nitrogen and oxygen atoms in total. The van der Waals surface area contributed by atoms with Crippen molar-refractivity contribution in [2.24, 2.45) is 27.4 Å². The number of rotatable bonds is 4. The van der Waals surface area contributed by atoms with Gasteiger partial charge in [-0.1, -0.05) is 26.3 Å². The highest BCUT2D eigenvalue weighted by atomic mass is 19.4. The van der Waals surface area contributed by atoms with Gasteiger partial charge in [-0.2, -0.15) is 13.2 Å². The first kappa shape index (κ1) is 17.2. The van der Waals surface area contributed by atoms with Crippen LogP contribution in [0.2, 0.25) is 0 Å². The minimum absolute atomic E-state index is 0.000310. The Balaban J connectivity index is 2.41. The van der Waals surface area contributed by atoms with Gasteiger partial charge >= 0.3 is 6.18 Å². The molecule has 0 radical (unpaired) electrons. The van der Waals surface area contributed by atoms with E-state index in [0.717, 1.165) is 18.9 Å². The molecule has 2 heterocycles. The number of alkyl halides is 3. The Morgan fingerprint density at radius 2 is 2.00 bits per heavy atom. The molecule has 1 aromatic rings. The molecule has 0 amide bonds. The van der Waals surface area contributed by atoms with E-state index in [-0.39, 0.29) is 23.4 Å². The summed E-state index contributed by atoms with van der Waals surface area (Å²) in [5.41, 5.74) is 10.9. The van der Waals surface area contributed by atoms with E-state index in [1.165, 1.54) is 12.1 Å². The van der Waals surface area contributed by atoms with Gasteiger partial charge in [-0.25, -0.2) is 15.0 Å². The lowest BCUT2D eigenvalue weighted by Gasteiger charge is -2.32. The maximum absolute atomic E-state index is 12.8. The Morgan fingerprint density at radius 1 is 1.30 bits per heavy atom. The molecular formula is C14H19F3N6. The zero-order chi connectivity index (χ0) is 17.3. The molecule has 1 aliphatic rings. The average molecular weight is 328 g/mol. The van der Waals surface area contributed by atoms with Gasteiger partial charge in [0.25, 0.3) is 0 Å². The molecule has 0 fully saturated rings. The Hall–Kier alpha value is -2.16. The van der Waals surface area contributed by atoms with Gasteiger partial charge in [0.15, 0.2) is 11.8 Å². The highest BCUT2D eigenvalue weighted by Crippen LogP contribution is 2.28. The number of amidine groups is 1. The number of nitrogens with two attached hydrogens (primary N) is 2. The van der Waals surface area contributed by atoms with Crippen LogP contribution in [0.1, 0.15) is 38.1 Å². The van der Waals surface area contributed by atoms with E-state index in [4.69, 9.17) is 11.5 Å². The van der Waals surface area contributed by atoms with Gasteiger partial charge in [0.05, 0.1) is 0 Å². The molecule has 0 bridgehead atoms. The summed E-state index contributed by atoms with van der Waals surface area (Å²) in [6.45, 7) is 3.86. The number of nitrogens with one attached hydrogen (secondary N) is 1. The zero-order valence-electron chi connectivity index (χ0n) is 12.9. The Labute approximate surface area is 131 Å². The normalized spacial score (nSPS) is 22.9. The summed E-state index contributed by atoms with van der Waals surface area (Å²) in [4.78, 5) is 12.0. The molecule has 1 aromatic heterocycles. The maximum Gasteiger partial charge on any atom is 0.433 e. The number of guanidine groups is 1. The number of aromatic nitrogens is 1. The number of halogens is 3. The van der Waals surface area contributed by atoms with Gasteiger partial charge in [-0.3, -0.25) is 5.73 Å². The molecule has 23 heavy (non-hydrogen) atoms. The van der Waals surface area contributed by atoms with Gasteiger partial charge in [0.1, 0.15) is 11.4 Å². The number of aliphatic imine (C=N–C) groups is 2. The second kappa shape index (κ2) is 6.15. The number of nitrogens with zero attached hydrogens (tertiary/aromatic N) is 3. The zero-order valence-corrected chi connectivity index (χ0v) is 12.9. The quantitative estimate of drug-likeness (QED) is 0.784. The summed E-state index contributed by atoms with van der Waals surface area (Å²) in [7, 11) is 0. The fraction of sp³-hybridized carbons (Fsp3) is 0.500. The number of hydrogen-bond acceptors (Lipinski definition) is 6. The van der Waals surface area contributed by atoms with Crippen LogP contribution in [0.3, 0.4) is 0 Å². The van der Waals surface area contributed by atoms with E-state index in [2.05, 4.69) is 20.3 Å². The first-order chi connectivity index (χ1) is 10.7. The van der Waals surface area contributed by atoms with Crippen molar-refractivity contribution in [2.45, 2.75) is 38.7 Å². The van der Waals surface area contributed by atoms with Crippen LogP contribution in [0.5, 0.6) is 0 Å². The largest absolute Gasteiger partial charge is 0.433 e. The first-order valence-electron chi connectivity index (χ1n) is 7.21. The lowest BCUT2D eigenvalue weighted by molar-refractivity contribution is -0.141. The molecule has 2 atom stereocenters. The van der Waals surface area contributed by atoms with Crippen molar-refractivity contribution >= 4 is 11.8 Å². The topological polar surface area (TPSA) is 102 Å². The van der Waals surface area contributed by atoms with Crippen molar-refractivity contribution in [2.75, 3.05) is 0 Å². The van der Waals surface area contributed by atoms with Crippen molar-refractivity contribution in [1.82, 2.24) is 10.3 Å². The van der Waals surface area contributed by atoms with Gasteiger partial charge < -0.3 is 11.1 Å². The second-order valence-electron chi connectivity index (χ2n) is 5.46. The summed E-state index contributed by atoms with van der Waals surface area (Å²) in [5.74, 6) is -1.38. The highest BCUT2D eigenvalue weighted by molar-refractivity contribution is 6.08. The lowest BCUT2D eigenvalue weighted by atomic mass is 9.98. The summed E-state index contributed by atoms with van der Waals surface area (Å²) < 4.78 is 38.4. The molecule has 0 spiro atoms. The van der Waals surface area contributed by atoms with Crippen LogP contribution in [-0.2, 0) is 6.18 Å². The second-order valence-corrected chi connectivity index (χ2v) is 5.46. The number of hydrogen-bond donors (Lipinski definition) is 3. The van der Waals surface area contributed by atoms with Crippen LogP contribution in [0, 0.1) is 5.92 Å². The Bertz CT molecular complexity index is 640. The summed E-state index contributed by atoms with van der Waals surface area (Å²) in [6, 6.07) is 3.55. The fourth-order valence-electron chi connectivity index (χ4n) is 2.29. The van der Waals surface area contributed by atoms with Gasteiger partial charge in [0, 0.05) is 5.92 Å². The summed E-state index contributed by atoms with van der Waals surface area (Å²) in [6.07, 6.45) is -2.92. The standard InChI is InChI=1S/C14H19F3N6/c1-3-5-8(2)14(19)22-11(21-12(18)23-14)9-6-4-7-10(20-9)13(15,16)17/h4,6-8H,3,5,19H2,1-2H3,(H3,18,21,22,23). The fourth-order valence-corrected chi connectivity index (χ4v) is 2.29. The molecule has 126 valence electrons. The minimum Gasteiger partial charge on any atom is -0.370 e. The molecule has 2 unspecified atom stereocenters. The van der Waals surface area contributed by atoms with E-state index in [0.29, 0.717) is 0 Å². The van der Waals surface area contributed by atoms with E-state index < -0.39 is 17.7 Å². The van der Waals surface area contributed by atoms with E-state index in [9.17, 15) is 13.2 Å². The van der Waals surface area contributed by atoms with Crippen molar-refractivity contribution < 1.29 is 13.2 Å². The molecule has 0 saturated carbocycles. The van der Waals surface area contributed by atoms with Crippen LogP contribution in [0.15, 0.2) is 28.2 Å². The Morgan fingerprint density at radius 3 is 2.61 bits per heavy atom. The predicted molar refractivity (Wildman–Crippen MR) is 81.5 cm³/mol. The van der Waals surface area contributed by atoms with Crippen LogP contribution in [-0.4, -0.2) is 22.6 Å². The monoisotopic (exact) mass is 328 g/mol. The van der Waals surface area contributed by atoms with Crippen LogP contribution < -0.4 is 16.8 Å². The van der Waals surface area contributed by atoms with Gasteiger partial charge in [-0.15, -0.1) is 0 Å². The molecule has 1 aliphatic heterocycles.